The van der Waals surface area contributed by atoms with Gasteiger partial charge in [0.1, 0.15) is 0 Å². The van der Waals surface area contributed by atoms with Gasteiger partial charge < -0.3 is 15.4 Å². The minimum Gasteiger partial charge on any atom is -0.468 e. The van der Waals surface area contributed by atoms with Crippen molar-refractivity contribution < 1.29 is 17.9 Å². The van der Waals surface area contributed by atoms with Crippen LogP contribution in [0.25, 0.3) is 0 Å². The molecule has 2 rings (SSSR count). The van der Waals surface area contributed by atoms with Gasteiger partial charge in [0.25, 0.3) is 0 Å². The fourth-order valence-corrected chi connectivity index (χ4v) is 1.92. The largest absolute Gasteiger partial charge is 0.468 e. The summed E-state index contributed by atoms with van der Waals surface area (Å²) in [6.45, 7) is -0.711. The van der Waals surface area contributed by atoms with E-state index in [1.54, 1.807) is 25.4 Å². The zero-order chi connectivity index (χ0) is 18.1. The second-order valence-electron chi connectivity index (χ2n) is 4.97. The van der Waals surface area contributed by atoms with Crippen molar-refractivity contribution >= 4 is 29.9 Å². The molecule has 26 heavy (non-hydrogen) atoms. The molecule has 0 atom stereocenters. The lowest BCUT2D eigenvalue weighted by Gasteiger charge is -2.14. The predicted molar refractivity (Wildman–Crippen MR) is 102 cm³/mol. The fourth-order valence-electron chi connectivity index (χ4n) is 1.92. The summed E-state index contributed by atoms with van der Waals surface area (Å²) in [4.78, 5) is 12.1. The Labute approximate surface area is 166 Å². The number of aliphatic imine (C=N–C) groups is 1. The number of hydrogen-bond donors (Lipinski definition) is 2. The van der Waals surface area contributed by atoms with Crippen molar-refractivity contribution in [1.29, 1.82) is 0 Å². The number of ether oxygens (including phenoxy) is 1. The summed E-state index contributed by atoms with van der Waals surface area (Å²) in [5, 5.41) is 6.07. The number of guanidine groups is 1. The molecule has 0 amide bonds. The van der Waals surface area contributed by atoms with Crippen molar-refractivity contribution in [3.63, 3.8) is 0 Å². The van der Waals surface area contributed by atoms with Crippen LogP contribution in [-0.4, -0.2) is 35.8 Å². The van der Waals surface area contributed by atoms with Crippen molar-refractivity contribution in [2.45, 2.75) is 19.3 Å². The van der Waals surface area contributed by atoms with Crippen LogP contribution >= 0.6 is 24.0 Å². The van der Waals surface area contributed by atoms with Gasteiger partial charge in [-0.2, -0.15) is 13.2 Å². The van der Waals surface area contributed by atoms with Crippen LogP contribution in [-0.2, 0) is 13.1 Å². The summed E-state index contributed by atoms with van der Waals surface area (Å²) in [6.07, 6.45) is -1.35. The Bertz CT molecular complexity index is 698. The van der Waals surface area contributed by atoms with Crippen LogP contribution in [0.4, 0.5) is 13.2 Å². The highest BCUT2D eigenvalue weighted by atomic mass is 127. The van der Waals surface area contributed by atoms with Crippen LogP contribution in [0.3, 0.4) is 0 Å². The van der Waals surface area contributed by atoms with Gasteiger partial charge in [-0.05, 0) is 18.2 Å². The van der Waals surface area contributed by atoms with E-state index < -0.39 is 12.8 Å². The highest BCUT2D eigenvalue weighted by Gasteiger charge is 2.29. The molecule has 10 heteroatoms. The first kappa shape index (κ1) is 21.9. The third kappa shape index (κ3) is 7.85. The Hall–Kier alpha value is -2.11. The summed E-state index contributed by atoms with van der Waals surface area (Å²) in [5.74, 6) is 0.420. The van der Waals surface area contributed by atoms with Crippen molar-refractivity contribution in [3.05, 3.63) is 54.0 Å². The van der Waals surface area contributed by atoms with E-state index in [2.05, 4.69) is 25.6 Å². The van der Waals surface area contributed by atoms with Crippen LogP contribution in [0.2, 0.25) is 0 Å². The molecule has 6 nitrogen and oxygen atoms in total. The van der Waals surface area contributed by atoms with Gasteiger partial charge in [0.2, 0.25) is 5.88 Å². The summed E-state index contributed by atoms with van der Waals surface area (Å²) >= 11 is 0. The van der Waals surface area contributed by atoms with Crippen molar-refractivity contribution in [1.82, 2.24) is 20.6 Å². The molecule has 0 aliphatic heterocycles. The number of rotatable bonds is 6. The van der Waals surface area contributed by atoms with Gasteiger partial charge in [-0.25, -0.2) is 4.98 Å². The number of alkyl halides is 3. The molecular weight excluding hydrogens is 462 g/mol. The number of aromatic nitrogens is 2. The molecule has 0 radical (unpaired) electrons. The molecule has 142 valence electrons. The second kappa shape index (κ2) is 10.8. The van der Waals surface area contributed by atoms with E-state index in [0.29, 0.717) is 18.1 Å². The lowest BCUT2D eigenvalue weighted by Crippen LogP contribution is -2.36. The lowest BCUT2D eigenvalue weighted by molar-refractivity contribution is -0.154. The average Bonchev–Trinajstić information content (AvgIpc) is 2.61. The summed E-state index contributed by atoms with van der Waals surface area (Å²) < 4.78 is 41.6. The number of pyridine rings is 2. The van der Waals surface area contributed by atoms with Crippen LogP contribution in [0.15, 0.2) is 47.7 Å². The van der Waals surface area contributed by atoms with Crippen molar-refractivity contribution in [2.24, 2.45) is 4.99 Å². The van der Waals surface area contributed by atoms with E-state index in [0.717, 1.165) is 5.69 Å². The highest BCUT2D eigenvalue weighted by Crippen LogP contribution is 2.19. The Morgan fingerprint density at radius 2 is 1.81 bits per heavy atom. The van der Waals surface area contributed by atoms with Crippen LogP contribution in [0.5, 0.6) is 5.88 Å². The van der Waals surface area contributed by atoms with Gasteiger partial charge >= 0.3 is 6.18 Å². The lowest BCUT2D eigenvalue weighted by atomic mass is 10.2. The van der Waals surface area contributed by atoms with E-state index in [9.17, 15) is 13.2 Å². The Morgan fingerprint density at radius 3 is 2.46 bits per heavy atom. The monoisotopic (exact) mass is 481 g/mol. The van der Waals surface area contributed by atoms with Gasteiger partial charge in [-0.1, -0.05) is 12.1 Å². The van der Waals surface area contributed by atoms with Gasteiger partial charge in [-0.3, -0.25) is 9.98 Å². The Balaban J connectivity index is 0.00000338. The Morgan fingerprint density at radius 1 is 1.08 bits per heavy atom. The quantitative estimate of drug-likeness (QED) is 0.378. The number of nitrogens with one attached hydrogen (secondary N) is 2. The first-order chi connectivity index (χ1) is 12.0. The SMILES string of the molecule is CN=C(NCc1ccccn1)NCc1cccnc1OCC(F)(F)F.I. The minimum atomic E-state index is -4.41. The Kier molecular flexibility index (Phi) is 9.10. The average molecular weight is 481 g/mol. The maximum atomic E-state index is 12.3. The first-order valence-corrected chi connectivity index (χ1v) is 7.46. The molecule has 2 aromatic rings. The first-order valence-electron chi connectivity index (χ1n) is 7.46. The number of halogens is 4. The zero-order valence-corrected chi connectivity index (χ0v) is 16.3. The highest BCUT2D eigenvalue weighted by molar-refractivity contribution is 14.0. The van der Waals surface area contributed by atoms with Gasteiger partial charge in [0.15, 0.2) is 12.6 Å². The molecule has 0 fully saturated rings. The minimum absolute atomic E-state index is 0. The maximum absolute atomic E-state index is 12.3. The molecule has 0 aliphatic rings. The molecule has 0 saturated heterocycles. The van der Waals surface area contributed by atoms with E-state index in [1.165, 1.54) is 6.20 Å². The molecule has 0 aromatic carbocycles. The van der Waals surface area contributed by atoms with Gasteiger partial charge in [0, 0.05) is 31.5 Å². The standard InChI is InChI=1S/C16H18F3N5O.HI/c1-20-15(24-10-13-6-2-3-7-21-13)23-9-12-5-4-8-22-14(12)25-11-16(17,18)19;/h2-8H,9-11H2,1H3,(H2,20,23,24);1H. The van der Waals surface area contributed by atoms with E-state index in [4.69, 9.17) is 4.74 Å². The number of nitrogens with zero attached hydrogens (tertiary/aromatic N) is 3. The van der Waals surface area contributed by atoms with Gasteiger partial charge in [-0.15, -0.1) is 24.0 Å². The molecular formula is C16H19F3IN5O. The molecule has 2 heterocycles. The predicted octanol–water partition coefficient (Wildman–Crippen LogP) is 2.90. The zero-order valence-electron chi connectivity index (χ0n) is 14.0. The second-order valence-corrected chi connectivity index (χ2v) is 4.97. The van der Waals surface area contributed by atoms with Gasteiger partial charge in [0.05, 0.1) is 12.2 Å². The summed E-state index contributed by atoms with van der Waals surface area (Å²) in [7, 11) is 1.60. The molecule has 0 aliphatic carbocycles. The number of hydrogen-bond acceptors (Lipinski definition) is 4. The normalized spacial score (nSPS) is 11.5. The summed E-state index contributed by atoms with van der Waals surface area (Å²) in [5.41, 5.74) is 1.33. The molecule has 2 aromatic heterocycles. The summed E-state index contributed by atoms with van der Waals surface area (Å²) in [6, 6.07) is 8.82. The third-order valence-corrected chi connectivity index (χ3v) is 3.06. The molecule has 0 bridgehead atoms. The topological polar surface area (TPSA) is 71.4 Å². The van der Waals surface area contributed by atoms with Crippen LogP contribution in [0, 0.1) is 0 Å². The third-order valence-electron chi connectivity index (χ3n) is 3.06. The van der Waals surface area contributed by atoms with E-state index in [-0.39, 0.29) is 36.4 Å². The molecule has 0 spiro atoms. The molecule has 0 saturated carbocycles. The smallest absolute Gasteiger partial charge is 0.422 e. The van der Waals surface area contributed by atoms with Crippen LogP contribution in [0.1, 0.15) is 11.3 Å². The fraction of sp³-hybridized carbons (Fsp3) is 0.312. The van der Waals surface area contributed by atoms with Crippen LogP contribution < -0.4 is 15.4 Å². The molecule has 0 unspecified atom stereocenters. The van der Waals surface area contributed by atoms with E-state index in [1.807, 2.05) is 18.2 Å². The van der Waals surface area contributed by atoms with Crippen molar-refractivity contribution in [3.8, 4) is 5.88 Å². The maximum Gasteiger partial charge on any atom is 0.422 e. The molecule has 2 N–H and O–H groups in total. The van der Waals surface area contributed by atoms with E-state index >= 15 is 0 Å². The van der Waals surface area contributed by atoms with Crippen molar-refractivity contribution in [2.75, 3.05) is 13.7 Å².